The highest BCUT2D eigenvalue weighted by Gasteiger charge is 2.17. The minimum atomic E-state index is -1.36. The molecular formula is C16H11BrO3S. The predicted octanol–water partition coefficient (Wildman–Crippen LogP) is 4.19. The van der Waals surface area contributed by atoms with E-state index in [1.54, 1.807) is 18.2 Å². The minimum Gasteiger partial charge on any atom is -0.464 e. The summed E-state index contributed by atoms with van der Waals surface area (Å²) in [5, 5.41) is 0.760. The fourth-order valence-electron chi connectivity index (χ4n) is 2.06. The molecule has 0 radical (unpaired) electrons. The van der Waals surface area contributed by atoms with Crippen molar-refractivity contribution in [1.29, 1.82) is 0 Å². The predicted molar refractivity (Wildman–Crippen MR) is 86.0 cm³/mol. The van der Waals surface area contributed by atoms with Crippen molar-refractivity contribution in [2.45, 2.75) is 4.90 Å². The molecule has 0 saturated heterocycles. The van der Waals surface area contributed by atoms with Gasteiger partial charge >= 0.3 is 0 Å². The second-order valence-electron chi connectivity index (χ2n) is 4.51. The minimum absolute atomic E-state index is 0.0504. The maximum Gasteiger partial charge on any atom is 0.179 e. The van der Waals surface area contributed by atoms with E-state index in [1.807, 2.05) is 30.3 Å². The number of furan rings is 1. The summed E-state index contributed by atoms with van der Waals surface area (Å²) in [5.41, 5.74) is 1.14. The first-order valence-corrected chi connectivity index (χ1v) is 8.40. The molecule has 5 heteroatoms. The zero-order valence-electron chi connectivity index (χ0n) is 10.9. The molecule has 0 saturated carbocycles. The monoisotopic (exact) mass is 362 g/mol. The van der Waals surface area contributed by atoms with E-state index in [0.717, 1.165) is 9.86 Å². The third-order valence-corrected chi connectivity index (χ3v) is 4.97. The van der Waals surface area contributed by atoms with Crippen molar-refractivity contribution >= 4 is 43.5 Å². The topological polar surface area (TPSA) is 47.3 Å². The largest absolute Gasteiger partial charge is 0.464 e. The number of benzene rings is 2. The normalized spacial score (nSPS) is 12.4. The summed E-state index contributed by atoms with van der Waals surface area (Å²) in [6, 6.07) is 14.4. The van der Waals surface area contributed by atoms with Crippen LogP contribution in [0.4, 0.5) is 0 Å². The van der Waals surface area contributed by atoms with Gasteiger partial charge in [0.1, 0.15) is 11.8 Å². The summed E-state index contributed by atoms with van der Waals surface area (Å²) in [5.74, 6) is -0.230. The van der Waals surface area contributed by atoms with E-state index in [4.69, 9.17) is 4.42 Å². The first kappa shape index (κ1) is 14.2. The molecule has 3 aromatic rings. The van der Waals surface area contributed by atoms with E-state index >= 15 is 0 Å². The molecule has 0 amide bonds. The van der Waals surface area contributed by atoms with Gasteiger partial charge < -0.3 is 4.42 Å². The van der Waals surface area contributed by atoms with E-state index in [2.05, 4.69) is 15.9 Å². The summed E-state index contributed by atoms with van der Waals surface area (Å²) in [4.78, 5) is 12.9. The van der Waals surface area contributed by atoms with Crippen LogP contribution in [0, 0.1) is 0 Å². The number of rotatable bonds is 4. The Kier molecular flexibility index (Phi) is 4.03. The first-order valence-electron chi connectivity index (χ1n) is 6.28. The summed E-state index contributed by atoms with van der Waals surface area (Å²) >= 11 is 3.33. The summed E-state index contributed by atoms with van der Waals surface area (Å²) in [7, 11) is -1.36. The van der Waals surface area contributed by atoms with Crippen LogP contribution in [0.3, 0.4) is 0 Å². The lowest BCUT2D eigenvalue weighted by Crippen LogP contribution is -2.10. The highest BCUT2D eigenvalue weighted by Crippen LogP contribution is 2.22. The van der Waals surface area contributed by atoms with Gasteiger partial charge in [0.25, 0.3) is 0 Å². The van der Waals surface area contributed by atoms with Crippen LogP contribution in [0.25, 0.3) is 11.0 Å². The Morgan fingerprint density at radius 3 is 2.57 bits per heavy atom. The van der Waals surface area contributed by atoms with Crippen molar-refractivity contribution in [2.24, 2.45) is 0 Å². The molecule has 1 heterocycles. The zero-order valence-corrected chi connectivity index (χ0v) is 13.3. The van der Waals surface area contributed by atoms with Gasteiger partial charge in [0, 0.05) is 14.8 Å². The maximum atomic E-state index is 12.3. The molecule has 1 atom stereocenters. The van der Waals surface area contributed by atoms with E-state index in [1.165, 1.54) is 6.26 Å². The molecule has 0 aliphatic heterocycles. The zero-order chi connectivity index (χ0) is 14.8. The Balaban J connectivity index is 1.83. The average Bonchev–Trinajstić information content (AvgIpc) is 2.92. The molecule has 3 rings (SSSR count). The van der Waals surface area contributed by atoms with Gasteiger partial charge in [0.05, 0.1) is 22.1 Å². The molecule has 0 bridgehead atoms. The molecule has 0 spiro atoms. The summed E-state index contributed by atoms with van der Waals surface area (Å²) < 4.78 is 18.5. The van der Waals surface area contributed by atoms with Crippen molar-refractivity contribution in [3.63, 3.8) is 0 Å². The number of Topliss-reactive ketones (excluding diaryl/α,β-unsaturated/α-hetero) is 1. The molecule has 21 heavy (non-hydrogen) atoms. The molecule has 0 aliphatic carbocycles. The molecular weight excluding hydrogens is 352 g/mol. The van der Waals surface area contributed by atoms with E-state index < -0.39 is 10.8 Å². The van der Waals surface area contributed by atoms with Gasteiger partial charge in [0.15, 0.2) is 5.78 Å². The van der Waals surface area contributed by atoms with E-state index in [0.29, 0.717) is 16.0 Å². The molecule has 106 valence electrons. The van der Waals surface area contributed by atoms with Crippen LogP contribution in [0.1, 0.15) is 10.4 Å². The summed E-state index contributed by atoms with van der Waals surface area (Å²) in [6.45, 7) is 0. The fourth-order valence-corrected chi connectivity index (χ4v) is 3.32. The Morgan fingerprint density at radius 1 is 1.10 bits per heavy atom. The first-order chi connectivity index (χ1) is 10.1. The van der Waals surface area contributed by atoms with Crippen LogP contribution in [0.15, 0.2) is 68.6 Å². The Morgan fingerprint density at radius 2 is 1.81 bits per heavy atom. The van der Waals surface area contributed by atoms with Gasteiger partial charge in [-0.2, -0.15) is 0 Å². The molecule has 3 nitrogen and oxygen atoms in total. The van der Waals surface area contributed by atoms with Gasteiger partial charge in [-0.3, -0.25) is 9.00 Å². The van der Waals surface area contributed by atoms with Crippen LogP contribution in [0.5, 0.6) is 0 Å². The SMILES string of the molecule is O=C(CS(=O)c1ccc(Br)cc1)c1coc2ccccc12. The van der Waals surface area contributed by atoms with Crippen LogP contribution < -0.4 is 0 Å². The molecule has 1 aromatic heterocycles. The van der Waals surface area contributed by atoms with E-state index in [-0.39, 0.29) is 11.5 Å². The number of carbonyl (C=O) groups is 1. The number of ketones is 1. The van der Waals surface area contributed by atoms with Crippen molar-refractivity contribution < 1.29 is 13.4 Å². The standard InChI is InChI=1S/C16H11BrO3S/c17-11-5-7-12(8-6-11)21(19)10-15(18)14-9-20-16-4-2-1-3-13(14)16/h1-9H,10H2. The van der Waals surface area contributed by atoms with Gasteiger partial charge in [-0.25, -0.2) is 0 Å². The Bertz CT molecular complexity index is 821. The highest BCUT2D eigenvalue weighted by atomic mass is 79.9. The number of para-hydroxylation sites is 1. The average molecular weight is 363 g/mol. The number of hydrogen-bond donors (Lipinski definition) is 0. The third kappa shape index (κ3) is 2.99. The molecule has 0 N–H and O–H groups in total. The van der Waals surface area contributed by atoms with Crippen molar-refractivity contribution in [2.75, 3.05) is 5.75 Å². The quantitative estimate of drug-likeness (QED) is 0.653. The Hall–Kier alpha value is -1.72. The number of halogens is 1. The molecule has 2 aromatic carbocycles. The Labute approximate surface area is 132 Å². The van der Waals surface area contributed by atoms with Gasteiger partial charge in [-0.1, -0.05) is 34.1 Å². The number of fused-ring (bicyclic) bond motifs is 1. The van der Waals surface area contributed by atoms with Crippen LogP contribution in [-0.2, 0) is 10.8 Å². The van der Waals surface area contributed by atoms with Gasteiger partial charge in [-0.15, -0.1) is 0 Å². The van der Waals surface area contributed by atoms with Gasteiger partial charge in [-0.05, 0) is 30.3 Å². The second-order valence-corrected chi connectivity index (χ2v) is 6.88. The van der Waals surface area contributed by atoms with Crippen molar-refractivity contribution in [3.05, 3.63) is 64.8 Å². The van der Waals surface area contributed by atoms with Crippen LogP contribution in [0.2, 0.25) is 0 Å². The lowest BCUT2D eigenvalue weighted by molar-refractivity contribution is 0.102. The highest BCUT2D eigenvalue weighted by molar-refractivity contribution is 9.10. The molecule has 0 fully saturated rings. The molecule has 0 aliphatic rings. The lowest BCUT2D eigenvalue weighted by Gasteiger charge is -2.01. The number of hydrogen-bond acceptors (Lipinski definition) is 3. The van der Waals surface area contributed by atoms with Crippen molar-refractivity contribution in [3.8, 4) is 0 Å². The van der Waals surface area contributed by atoms with Crippen molar-refractivity contribution in [1.82, 2.24) is 0 Å². The summed E-state index contributed by atoms with van der Waals surface area (Å²) in [6.07, 6.45) is 1.44. The second kappa shape index (κ2) is 5.95. The smallest absolute Gasteiger partial charge is 0.179 e. The third-order valence-electron chi connectivity index (χ3n) is 3.12. The number of carbonyl (C=O) groups excluding carboxylic acids is 1. The van der Waals surface area contributed by atoms with Gasteiger partial charge in [0.2, 0.25) is 0 Å². The lowest BCUT2D eigenvalue weighted by atomic mass is 10.1. The van der Waals surface area contributed by atoms with E-state index in [9.17, 15) is 9.00 Å². The fraction of sp³-hybridized carbons (Fsp3) is 0.0625. The van der Waals surface area contributed by atoms with Crippen LogP contribution >= 0.6 is 15.9 Å². The maximum absolute atomic E-state index is 12.3. The van der Waals surface area contributed by atoms with Crippen LogP contribution in [-0.4, -0.2) is 15.7 Å². The molecule has 1 unspecified atom stereocenters.